The summed E-state index contributed by atoms with van der Waals surface area (Å²) >= 11 is 6.94. The summed E-state index contributed by atoms with van der Waals surface area (Å²) in [6.07, 6.45) is 0. The van der Waals surface area contributed by atoms with Crippen LogP contribution in [0.4, 0.5) is 5.69 Å². The molecule has 7 heteroatoms. The maximum absolute atomic E-state index is 12.1. The minimum Gasteiger partial charge on any atom is -0.384 e. The lowest BCUT2D eigenvalue weighted by atomic mass is 10.1. The molecule has 2 aromatic rings. The molecule has 20 heavy (non-hydrogen) atoms. The highest BCUT2D eigenvalue weighted by molar-refractivity contribution is 7.08. The highest BCUT2D eigenvalue weighted by Crippen LogP contribution is 2.22. The molecular formula is C13H10ClN3O2S. The average Bonchev–Trinajstić information content (AvgIpc) is 2.84. The molecule has 0 fully saturated rings. The van der Waals surface area contributed by atoms with Crippen LogP contribution in [-0.2, 0) is 0 Å². The van der Waals surface area contributed by atoms with Gasteiger partial charge in [-0.15, -0.1) is 5.10 Å². The Morgan fingerprint density at radius 3 is 3.00 bits per heavy atom. The van der Waals surface area contributed by atoms with Gasteiger partial charge in [-0.2, -0.15) is 0 Å². The van der Waals surface area contributed by atoms with Crippen LogP contribution in [0.25, 0.3) is 0 Å². The van der Waals surface area contributed by atoms with Gasteiger partial charge in [-0.1, -0.05) is 27.9 Å². The van der Waals surface area contributed by atoms with Crippen molar-refractivity contribution in [3.8, 4) is 11.8 Å². The topological polar surface area (TPSA) is 75.1 Å². The Morgan fingerprint density at radius 2 is 2.35 bits per heavy atom. The monoisotopic (exact) mass is 307 g/mol. The Labute approximate surface area is 124 Å². The number of hydrogen-bond acceptors (Lipinski definition) is 5. The van der Waals surface area contributed by atoms with Crippen LogP contribution < -0.4 is 5.32 Å². The number of aliphatic hydroxyl groups excluding tert-OH is 1. The standard InChI is InChI=1S/C13H10ClN3O2S/c1-8-12(20-17-16-8)13(19)15-11-7-10(14)5-4-9(11)3-2-6-18/h4-5,7,18H,6H2,1H3,(H,15,19). The van der Waals surface area contributed by atoms with Gasteiger partial charge in [0.15, 0.2) is 0 Å². The van der Waals surface area contributed by atoms with Crippen LogP contribution >= 0.6 is 23.1 Å². The van der Waals surface area contributed by atoms with Crippen molar-refractivity contribution in [3.05, 3.63) is 39.4 Å². The number of aryl methyl sites for hydroxylation is 1. The molecule has 0 radical (unpaired) electrons. The highest BCUT2D eigenvalue weighted by Gasteiger charge is 2.14. The van der Waals surface area contributed by atoms with Gasteiger partial charge in [0.25, 0.3) is 5.91 Å². The molecular weight excluding hydrogens is 298 g/mol. The molecule has 0 spiro atoms. The Hall–Kier alpha value is -1.94. The molecule has 0 unspecified atom stereocenters. The Bertz CT molecular complexity index is 703. The molecule has 1 aromatic carbocycles. The van der Waals surface area contributed by atoms with Gasteiger partial charge >= 0.3 is 0 Å². The second-order valence-corrected chi connectivity index (χ2v) is 4.98. The summed E-state index contributed by atoms with van der Waals surface area (Å²) in [6.45, 7) is 1.46. The van der Waals surface area contributed by atoms with Gasteiger partial charge < -0.3 is 10.4 Å². The van der Waals surface area contributed by atoms with E-state index in [4.69, 9.17) is 16.7 Å². The smallest absolute Gasteiger partial charge is 0.269 e. The van der Waals surface area contributed by atoms with Gasteiger partial charge in [-0.25, -0.2) is 0 Å². The highest BCUT2D eigenvalue weighted by atomic mass is 35.5. The number of aromatic nitrogens is 2. The lowest BCUT2D eigenvalue weighted by Gasteiger charge is -2.07. The third-order valence-electron chi connectivity index (χ3n) is 2.39. The van der Waals surface area contributed by atoms with E-state index in [0.29, 0.717) is 26.8 Å². The average molecular weight is 308 g/mol. The predicted octanol–water partition coefficient (Wildman–Crippen LogP) is 2.10. The number of rotatable bonds is 2. The number of anilines is 1. The first kappa shape index (κ1) is 14.5. The summed E-state index contributed by atoms with van der Waals surface area (Å²) in [5, 5.41) is 15.7. The zero-order valence-electron chi connectivity index (χ0n) is 10.5. The molecule has 102 valence electrons. The number of nitrogens with zero attached hydrogens (tertiary/aromatic N) is 2. The van der Waals surface area contributed by atoms with Crippen molar-refractivity contribution >= 4 is 34.7 Å². The van der Waals surface area contributed by atoms with E-state index < -0.39 is 0 Å². The van der Waals surface area contributed by atoms with Crippen LogP contribution in [0.1, 0.15) is 20.9 Å². The van der Waals surface area contributed by atoms with Gasteiger partial charge in [0.1, 0.15) is 11.5 Å². The second-order valence-electron chi connectivity index (χ2n) is 3.79. The van der Waals surface area contributed by atoms with Crippen molar-refractivity contribution in [2.75, 3.05) is 11.9 Å². The number of aliphatic hydroxyl groups is 1. The van der Waals surface area contributed by atoms with E-state index in [1.807, 2.05) is 0 Å². The largest absolute Gasteiger partial charge is 0.384 e. The van der Waals surface area contributed by atoms with Crippen LogP contribution in [0.5, 0.6) is 0 Å². The molecule has 0 aliphatic carbocycles. The minimum absolute atomic E-state index is 0.256. The van der Waals surface area contributed by atoms with Crippen LogP contribution in [0.3, 0.4) is 0 Å². The zero-order valence-corrected chi connectivity index (χ0v) is 12.0. The molecule has 1 heterocycles. The van der Waals surface area contributed by atoms with Crippen LogP contribution in [-0.4, -0.2) is 27.2 Å². The molecule has 2 rings (SSSR count). The van der Waals surface area contributed by atoms with Gasteiger partial charge in [-0.05, 0) is 36.7 Å². The SMILES string of the molecule is Cc1nnsc1C(=O)Nc1cc(Cl)ccc1C#CCO. The summed E-state index contributed by atoms with van der Waals surface area (Å²) in [5.41, 5.74) is 1.63. The number of benzene rings is 1. The van der Waals surface area contributed by atoms with E-state index in [-0.39, 0.29) is 12.5 Å². The summed E-state index contributed by atoms with van der Waals surface area (Å²) in [4.78, 5) is 12.5. The van der Waals surface area contributed by atoms with Crippen molar-refractivity contribution in [3.63, 3.8) is 0 Å². The Balaban J connectivity index is 2.31. The number of hydrogen-bond donors (Lipinski definition) is 2. The zero-order chi connectivity index (χ0) is 14.5. The molecule has 0 aliphatic rings. The molecule has 0 bridgehead atoms. The molecule has 2 N–H and O–H groups in total. The van der Waals surface area contributed by atoms with Gasteiger partial charge in [0.2, 0.25) is 0 Å². The minimum atomic E-state index is -0.313. The third-order valence-corrected chi connectivity index (χ3v) is 3.45. The van der Waals surface area contributed by atoms with Crippen molar-refractivity contribution < 1.29 is 9.90 Å². The van der Waals surface area contributed by atoms with E-state index in [9.17, 15) is 4.79 Å². The van der Waals surface area contributed by atoms with Crippen LogP contribution in [0, 0.1) is 18.8 Å². The summed E-state index contributed by atoms with van der Waals surface area (Å²) in [5.74, 6) is 4.97. The molecule has 1 aromatic heterocycles. The second kappa shape index (κ2) is 6.48. The predicted molar refractivity (Wildman–Crippen MR) is 78.0 cm³/mol. The summed E-state index contributed by atoms with van der Waals surface area (Å²) in [6, 6.07) is 4.95. The van der Waals surface area contributed by atoms with Crippen molar-refractivity contribution in [1.29, 1.82) is 0 Å². The fraction of sp³-hybridized carbons (Fsp3) is 0.154. The lowest BCUT2D eigenvalue weighted by Crippen LogP contribution is -2.12. The van der Waals surface area contributed by atoms with Crippen molar-refractivity contribution in [1.82, 2.24) is 9.59 Å². The van der Waals surface area contributed by atoms with Crippen LogP contribution in [0.15, 0.2) is 18.2 Å². The third kappa shape index (κ3) is 3.33. The normalized spacial score (nSPS) is 9.75. The fourth-order valence-electron chi connectivity index (χ4n) is 1.48. The van der Waals surface area contributed by atoms with Crippen molar-refractivity contribution in [2.45, 2.75) is 6.92 Å². The number of carbonyl (C=O) groups excluding carboxylic acids is 1. The lowest BCUT2D eigenvalue weighted by molar-refractivity contribution is 0.103. The number of amides is 1. The number of nitrogens with one attached hydrogen (secondary N) is 1. The van der Waals surface area contributed by atoms with E-state index in [1.165, 1.54) is 0 Å². The molecule has 0 saturated carbocycles. The molecule has 0 atom stereocenters. The first-order chi connectivity index (χ1) is 9.61. The maximum Gasteiger partial charge on any atom is 0.269 e. The van der Waals surface area contributed by atoms with E-state index in [1.54, 1.807) is 25.1 Å². The quantitative estimate of drug-likeness (QED) is 0.833. The van der Waals surface area contributed by atoms with Gasteiger partial charge in [-0.3, -0.25) is 4.79 Å². The maximum atomic E-state index is 12.1. The Morgan fingerprint density at radius 1 is 1.55 bits per heavy atom. The van der Waals surface area contributed by atoms with Crippen molar-refractivity contribution in [2.24, 2.45) is 0 Å². The Kier molecular flexibility index (Phi) is 4.69. The van der Waals surface area contributed by atoms with E-state index in [2.05, 4.69) is 26.7 Å². The van der Waals surface area contributed by atoms with Gasteiger partial charge in [0, 0.05) is 10.6 Å². The van der Waals surface area contributed by atoms with Gasteiger partial charge in [0.05, 0.1) is 11.4 Å². The molecule has 0 aliphatic heterocycles. The summed E-state index contributed by atoms with van der Waals surface area (Å²) < 4.78 is 3.72. The molecule has 1 amide bonds. The number of carbonyl (C=O) groups is 1. The van der Waals surface area contributed by atoms with E-state index in [0.717, 1.165) is 11.5 Å². The van der Waals surface area contributed by atoms with E-state index >= 15 is 0 Å². The number of halogens is 1. The first-order valence-corrected chi connectivity index (χ1v) is 6.76. The molecule has 0 saturated heterocycles. The molecule has 5 nitrogen and oxygen atoms in total. The summed E-state index contributed by atoms with van der Waals surface area (Å²) in [7, 11) is 0. The fourth-order valence-corrected chi connectivity index (χ4v) is 2.21. The van der Waals surface area contributed by atoms with Crippen LogP contribution in [0.2, 0.25) is 5.02 Å². The first-order valence-electron chi connectivity index (χ1n) is 5.61.